The number of hydrogen-bond acceptors (Lipinski definition) is 10. The lowest BCUT2D eigenvalue weighted by molar-refractivity contribution is 0.0774. The lowest BCUT2D eigenvalue weighted by atomic mass is 9.79. The third-order valence-corrected chi connectivity index (χ3v) is 6.77. The Morgan fingerprint density at radius 1 is 1.23 bits per heavy atom. The number of hydrogen-bond donors (Lipinski definition) is 0. The van der Waals surface area contributed by atoms with E-state index in [-0.39, 0.29) is 12.5 Å². The first-order valence-electron chi connectivity index (χ1n) is 11.6. The maximum atomic E-state index is 9.30. The Kier molecular flexibility index (Phi) is 5.30. The normalized spacial score (nSPS) is 19.7. The summed E-state index contributed by atoms with van der Waals surface area (Å²) in [7, 11) is 1.56. The van der Waals surface area contributed by atoms with Gasteiger partial charge in [-0.05, 0) is 31.4 Å². The molecule has 6 rings (SSSR count). The van der Waals surface area contributed by atoms with Gasteiger partial charge in [-0.25, -0.2) is 0 Å². The number of pyridine rings is 1. The highest BCUT2D eigenvalue weighted by molar-refractivity contribution is 5.56. The van der Waals surface area contributed by atoms with E-state index in [1.807, 2.05) is 13.0 Å². The van der Waals surface area contributed by atoms with Crippen LogP contribution in [0.4, 0.5) is 0 Å². The Labute approximate surface area is 201 Å². The van der Waals surface area contributed by atoms with E-state index in [9.17, 15) is 5.26 Å². The summed E-state index contributed by atoms with van der Waals surface area (Å²) in [4.78, 5) is 7.27. The maximum Gasteiger partial charge on any atom is 0.275 e. The number of rotatable bonds is 6. The molecule has 0 radical (unpaired) electrons. The number of aromatic nitrogens is 6. The minimum Gasteiger partial charge on any atom is -0.491 e. The summed E-state index contributed by atoms with van der Waals surface area (Å²) in [6, 6.07) is 10.4. The van der Waals surface area contributed by atoms with E-state index in [1.165, 1.54) is 5.56 Å². The van der Waals surface area contributed by atoms with Crippen LogP contribution in [-0.2, 0) is 19.6 Å². The lowest BCUT2D eigenvalue weighted by Gasteiger charge is -2.43. The van der Waals surface area contributed by atoms with Gasteiger partial charge in [0.2, 0.25) is 5.82 Å². The number of nitriles is 1. The van der Waals surface area contributed by atoms with Crippen molar-refractivity contribution in [2.24, 2.45) is 5.92 Å². The van der Waals surface area contributed by atoms with E-state index in [1.54, 1.807) is 23.8 Å². The van der Waals surface area contributed by atoms with Gasteiger partial charge in [0.15, 0.2) is 17.1 Å². The first-order chi connectivity index (χ1) is 17.1. The molecule has 0 aromatic carbocycles. The van der Waals surface area contributed by atoms with E-state index in [2.05, 4.69) is 37.5 Å². The molecule has 0 N–H and O–H groups in total. The van der Waals surface area contributed by atoms with E-state index in [4.69, 9.17) is 19.0 Å². The molecule has 0 bridgehead atoms. The molecule has 11 nitrogen and oxygen atoms in total. The molecule has 1 saturated carbocycles. The van der Waals surface area contributed by atoms with Gasteiger partial charge in [-0.2, -0.15) is 9.78 Å². The summed E-state index contributed by atoms with van der Waals surface area (Å²) < 4.78 is 18.2. The summed E-state index contributed by atoms with van der Waals surface area (Å²) in [5.41, 5.74) is 4.17. The summed E-state index contributed by atoms with van der Waals surface area (Å²) in [6.45, 7) is 3.82. The fourth-order valence-corrected chi connectivity index (χ4v) is 4.74. The SMILES string of the molecule is COc1cc2nnc(-c3cc(C)on3)n2nc1OCc1ccc2c(n1)CCN(C1CCC1C#N)C2. The van der Waals surface area contributed by atoms with Crippen molar-refractivity contribution in [1.82, 2.24) is 34.9 Å². The molecule has 0 spiro atoms. The van der Waals surface area contributed by atoms with Gasteiger partial charge in [0.25, 0.3) is 5.88 Å². The van der Waals surface area contributed by atoms with Gasteiger partial charge in [0.05, 0.1) is 24.8 Å². The summed E-state index contributed by atoms with van der Waals surface area (Å²) in [6.07, 6.45) is 2.99. The van der Waals surface area contributed by atoms with Crippen molar-refractivity contribution in [3.63, 3.8) is 0 Å². The summed E-state index contributed by atoms with van der Waals surface area (Å²) >= 11 is 0. The molecule has 35 heavy (non-hydrogen) atoms. The average molecular weight is 473 g/mol. The predicted octanol–water partition coefficient (Wildman–Crippen LogP) is 2.73. The van der Waals surface area contributed by atoms with Gasteiger partial charge in [0, 0.05) is 43.4 Å². The molecular formula is C24H24N8O3. The Morgan fingerprint density at radius 3 is 2.89 bits per heavy atom. The highest BCUT2D eigenvalue weighted by atomic mass is 16.5. The second kappa shape index (κ2) is 8.63. The molecule has 1 aliphatic heterocycles. The van der Waals surface area contributed by atoms with Crippen LogP contribution in [0.15, 0.2) is 28.8 Å². The van der Waals surface area contributed by atoms with Crippen LogP contribution in [0.3, 0.4) is 0 Å². The smallest absolute Gasteiger partial charge is 0.275 e. The van der Waals surface area contributed by atoms with Gasteiger partial charge < -0.3 is 14.0 Å². The van der Waals surface area contributed by atoms with Crippen LogP contribution < -0.4 is 9.47 Å². The van der Waals surface area contributed by atoms with Gasteiger partial charge in [0.1, 0.15) is 12.4 Å². The molecule has 178 valence electrons. The fraction of sp³-hybridized carbons (Fsp3) is 0.417. The van der Waals surface area contributed by atoms with E-state index in [0.717, 1.165) is 43.7 Å². The molecule has 11 heteroatoms. The average Bonchev–Trinajstić information content (AvgIpc) is 3.47. The van der Waals surface area contributed by atoms with E-state index in [0.29, 0.717) is 40.6 Å². The zero-order chi connectivity index (χ0) is 23.9. The number of ether oxygens (including phenoxy) is 2. The lowest BCUT2D eigenvalue weighted by Crippen LogP contribution is -2.48. The Hall–Kier alpha value is -4.04. The minimum absolute atomic E-state index is 0.163. The van der Waals surface area contributed by atoms with Crippen molar-refractivity contribution in [3.05, 3.63) is 47.0 Å². The quantitative estimate of drug-likeness (QED) is 0.413. The second-order valence-corrected chi connectivity index (χ2v) is 8.93. The zero-order valence-electron chi connectivity index (χ0n) is 19.5. The van der Waals surface area contributed by atoms with Crippen LogP contribution in [0.25, 0.3) is 17.2 Å². The molecule has 1 fully saturated rings. The molecule has 4 aromatic rings. The largest absolute Gasteiger partial charge is 0.491 e. The summed E-state index contributed by atoms with van der Waals surface area (Å²) in [5, 5.41) is 26.2. The molecule has 2 atom stereocenters. The Bertz CT molecular complexity index is 1440. The zero-order valence-corrected chi connectivity index (χ0v) is 19.5. The van der Waals surface area contributed by atoms with Crippen LogP contribution in [0.2, 0.25) is 0 Å². The van der Waals surface area contributed by atoms with Crippen molar-refractivity contribution >= 4 is 5.65 Å². The number of aryl methyl sites for hydroxylation is 1. The fourth-order valence-electron chi connectivity index (χ4n) is 4.74. The van der Waals surface area contributed by atoms with Crippen LogP contribution in [-0.4, -0.2) is 54.5 Å². The van der Waals surface area contributed by atoms with E-state index >= 15 is 0 Å². The van der Waals surface area contributed by atoms with Gasteiger partial charge in [-0.15, -0.1) is 15.3 Å². The minimum atomic E-state index is 0.163. The third kappa shape index (κ3) is 3.85. The van der Waals surface area contributed by atoms with E-state index < -0.39 is 0 Å². The van der Waals surface area contributed by atoms with Crippen LogP contribution in [0, 0.1) is 24.2 Å². The molecular weight excluding hydrogens is 448 g/mol. The molecule has 1 aliphatic carbocycles. The van der Waals surface area contributed by atoms with Crippen molar-refractivity contribution in [2.75, 3.05) is 13.7 Å². The van der Waals surface area contributed by atoms with Crippen LogP contribution in [0.1, 0.15) is 35.6 Å². The Morgan fingerprint density at radius 2 is 2.14 bits per heavy atom. The topological polar surface area (TPSA) is 127 Å². The Balaban J connectivity index is 1.20. The predicted molar refractivity (Wildman–Crippen MR) is 122 cm³/mol. The number of fused-ring (bicyclic) bond motifs is 2. The molecule has 5 heterocycles. The number of nitrogens with zero attached hydrogens (tertiary/aromatic N) is 8. The monoisotopic (exact) mass is 472 g/mol. The van der Waals surface area contributed by atoms with Crippen LogP contribution >= 0.6 is 0 Å². The van der Waals surface area contributed by atoms with Gasteiger partial charge in [-0.3, -0.25) is 9.88 Å². The first-order valence-corrected chi connectivity index (χ1v) is 11.6. The van der Waals surface area contributed by atoms with Crippen molar-refractivity contribution < 1.29 is 14.0 Å². The second-order valence-electron chi connectivity index (χ2n) is 8.93. The molecule has 0 saturated heterocycles. The summed E-state index contributed by atoms with van der Waals surface area (Å²) in [5.74, 6) is 2.04. The highest BCUT2D eigenvalue weighted by Gasteiger charge is 2.37. The van der Waals surface area contributed by atoms with Crippen LogP contribution in [0.5, 0.6) is 11.6 Å². The van der Waals surface area contributed by atoms with Crippen molar-refractivity contribution in [3.8, 4) is 29.2 Å². The molecule has 0 amide bonds. The standard InChI is InChI=1S/C24H24N8O3/c1-14-9-19(30-35-14)23-28-27-22-10-21(33-2)24(29-32(22)23)34-13-17-5-3-16-12-31(8-7-18(16)26-17)20-6-4-15(20)11-25/h3,5,9-10,15,20H,4,6-8,12-13H2,1-2H3. The number of methoxy groups -OCH3 is 1. The molecule has 4 aromatic heterocycles. The highest BCUT2D eigenvalue weighted by Crippen LogP contribution is 2.34. The molecule has 2 aliphatic rings. The van der Waals surface area contributed by atoms with Gasteiger partial charge >= 0.3 is 0 Å². The third-order valence-electron chi connectivity index (χ3n) is 6.77. The van der Waals surface area contributed by atoms with Gasteiger partial charge in [-0.1, -0.05) is 11.2 Å². The van der Waals surface area contributed by atoms with Crippen molar-refractivity contribution in [2.45, 2.75) is 45.4 Å². The molecule has 2 unspecified atom stereocenters. The van der Waals surface area contributed by atoms with Crippen molar-refractivity contribution in [1.29, 1.82) is 5.26 Å². The first kappa shape index (κ1) is 21.5. The maximum absolute atomic E-state index is 9.30.